The molecule has 1 aromatic heterocycles. The lowest BCUT2D eigenvalue weighted by Crippen LogP contribution is -2.47. The zero-order valence-corrected chi connectivity index (χ0v) is 15.1. The number of piperidine rings is 1. The number of carbonyl (C=O) groups is 1. The van der Waals surface area contributed by atoms with Gasteiger partial charge >= 0.3 is 0 Å². The molecule has 1 N–H and O–H groups in total. The molecule has 0 aliphatic carbocycles. The standard InChI is InChI=1S/C21H26N4O/c26-21(24-13-5-2-6-14-24)18-10-7-11-23-20(18)25-15-12-22-19(16-25)17-8-3-1-4-9-17/h1,3-4,7-11,19,22H,2,5-6,12-16H2/t19-/m0/s1. The highest BCUT2D eigenvalue weighted by atomic mass is 16.2. The average Bonchev–Trinajstić information content (AvgIpc) is 2.74. The normalized spacial score (nSPS) is 20.8. The smallest absolute Gasteiger partial charge is 0.257 e. The molecular weight excluding hydrogens is 324 g/mol. The maximum absolute atomic E-state index is 13.1. The van der Waals surface area contributed by atoms with Gasteiger partial charge in [0.15, 0.2) is 0 Å². The molecule has 0 saturated carbocycles. The van der Waals surface area contributed by atoms with Gasteiger partial charge in [-0.05, 0) is 37.0 Å². The predicted octanol–water partition coefficient (Wildman–Crippen LogP) is 2.86. The average molecular weight is 350 g/mol. The molecular formula is C21H26N4O. The summed E-state index contributed by atoms with van der Waals surface area (Å²) in [6.07, 6.45) is 5.22. The van der Waals surface area contributed by atoms with E-state index in [0.29, 0.717) is 0 Å². The number of hydrogen-bond donors (Lipinski definition) is 1. The third kappa shape index (κ3) is 3.58. The summed E-state index contributed by atoms with van der Waals surface area (Å²) in [7, 11) is 0. The Morgan fingerprint density at radius 1 is 1.00 bits per heavy atom. The van der Waals surface area contributed by atoms with Crippen LogP contribution in [0.5, 0.6) is 0 Å². The van der Waals surface area contributed by atoms with Crippen LogP contribution in [-0.2, 0) is 0 Å². The van der Waals surface area contributed by atoms with E-state index in [4.69, 9.17) is 0 Å². The minimum Gasteiger partial charge on any atom is -0.353 e. The molecule has 136 valence electrons. The van der Waals surface area contributed by atoms with Gasteiger partial charge < -0.3 is 15.1 Å². The van der Waals surface area contributed by atoms with Crippen molar-refractivity contribution in [1.82, 2.24) is 15.2 Å². The number of rotatable bonds is 3. The Morgan fingerprint density at radius 2 is 1.81 bits per heavy atom. The zero-order valence-electron chi connectivity index (χ0n) is 15.1. The van der Waals surface area contributed by atoms with Crippen molar-refractivity contribution < 1.29 is 4.79 Å². The summed E-state index contributed by atoms with van der Waals surface area (Å²) in [6, 6.07) is 14.5. The number of anilines is 1. The number of pyridine rings is 1. The number of benzene rings is 1. The van der Waals surface area contributed by atoms with Crippen molar-refractivity contribution in [2.24, 2.45) is 0 Å². The Labute approximate surface area is 155 Å². The Balaban J connectivity index is 1.56. The number of hydrogen-bond acceptors (Lipinski definition) is 4. The number of nitrogens with one attached hydrogen (secondary N) is 1. The van der Waals surface area contributed by atoms with Crippen molar-refractivity contribution in [3.63, 3.8) is 0 Å². The fraction of sp³-hybridized carbons (Fsp3) is 0.429. The third-order valence-corrected chi connectivity index (χ3v) is 5.34. The molecule has 0 spiro atoms. The molecule has 1 atom stereocenters. The van der Waals surface area contributed by atoms with E-state index in [1.807, 2.05) is 23.1 Å². The summed E-state index contributed by atoms with van der Waals surface area (Å²) in [5, 5.41) is 3.58. The molecule has 2 aromatic rings. The van der Waals surface area contributed by atoms with Crippen LogP contribution in [0, 0.1) is 0 Å². The lowest BCUT2D eigenvalue weighted by Gasteiger charge is -2.36. The van der Waals surface area contributed by atoms with Crippen molar-refractivity contribution >= 4 is 11.7 Å². The second kappa shape index (κ2) is 7.87. The molecule has 26 heavy (non-hydrogen) atoms. The van der Waals surface area contributed by atoms with Crippen LogP contribution in [-0.4, -0.2) is 48.5 Å². The third-order valence-electron chi connectivity index (χ3n) is 5.34. The highest BCUT2D eigenvalue weighted by Crippen LogP contribution is 2.25. The summed E-state index contributed by atoms with van der Waals surface area (Å²) in [4.78, 5) is 21.9. The summed E-state index contributed by atoms with van der Waals surface area (Å²) in [5.74, 6) is 0.952. The van der Waals surface area contributed by atoms with Crippen LogP contribution in [0.4, 0.5) is 5.82 Å². The Kier molecular flexibility index (Phi) is 5.16. The molecule has 4 rings (SSSR count). The van der Waals surface area contributed by atoms with E-state index in [1.165, 1.54) is 12.0 Å². The highest BCUT2D eigenvalue weighted by Gasteiger charge is 2.27. The first kappa shape index (κ1) is 17.0. The first-order valence-corrected chi connectivity index (χ1v) is 9.60. The molecule has 0 radical (unpaired) electrons. The van der Waals surface area contributed by atoms with Gasteiger partial charge in [0.05, 0.1) is 5.56 Å². The lowest BCUT2D eigenvalue weighted by atomic mass is 10.0. The van der Waals surface area contributed by atoms with Gasteiger partial charge in [-0.15, -0.1) is 0 Å². The number of likely N-dealkylation sites (tertiary alicyclic amines) is 1. The number of aromatic nitrogens is 1. The topological polar surface area (TPSA) is 48.5 Å². The van der Waals surface area contributed by atoms with Crippen LogP contribution in [0.1, 0.15) is 41.2 Å². The minimum absolute atomic E-state index is 0.127. The SMILES string of the molecule is O=C(c1cccnc1N1CCN[C@H](c2ccccc2)C1)N1CCCCC1. The Morgan fingerprint density at radius 3 is 2.62 bits per heavy atom. The van der Waals surface area contributed by atoms with Crippen LogP contribution in [0.3, 0.4) is 0 Å². The van der Waals surface area contributed by atoms with Crippen LogP contribution in [0.2, 0.25) is 0 Å². The second-order valence-corrected chi connectivity index (χ2v) is 7.09. The Hall–Kier alpha value is -2.40. The largest absolute Gasteiger partial charge is 0.353 e. The fourth-order valence-corrected chi connectivity index (χ4v) is 3.93. The van der Waals surface area contributed by atoms with Crippen LogP contribution in [0.25, 0.3) is 0 Å². The van der Waals surface area contributed by atoms with Crippen LogP contribution >= 0.6 is 0 Å². The predicted molar refractivity (Wildman–Crippen MR) is 103 cm³/mol. The summed E-state index contributed by atoms with van der Waals surface area (Å²) in [6.45, 7) is 4.29. The van der Waals surface area contributed by atoms with E-state index in [0.717, 1.165) is 56.9 Å². The van der Waals surface area contributed by atoms with Gasteiger partial charge in [0.2, 0.25) is 0 Å². The van der Waals surface area contributed by atoms with Gasteiger partial charge in [-0.3, -0.25) is 4.79 Å². The molecule has 0 bridgehead atoms. The van der Waals surface area contributed by atoms with Crippen molar-refractivity contribution in [3.8, 4) is 0 Å². The van der Waals surface area contributed by atoms with Gasteiger partial charge in [-0.2, -0.15) is 0 Å². The van der Waals surface area contributed by atoms with Gasteiger partial charge in [-0.25, -0.2) is 4.98 Å². The lowest BCUT2D eigenvalue weighted by molar-refractivity contribution is 0.0724. The van der Waals surface area contributed by atoms with Crippen molar-refractivity contribution in [3.05, 3.63) is 59.8 Å². The summed E-state index contributed by atoms with van der Waals surface area (Å²) >= 11 is 0. The van der Waals surface area contributed by atoms with Gasteiger partial charge in [0, 0.05) is 45.0 Å². The van der Waals surface area contributed by atoms with E-state index in [1.54, 1.807) is 6.20 Å². The van der Waals surface area contributed by atoms with E-state index in [-0.39, 0.29) is 11.9 Å². The number of amides is 1. The highest BCUT2D eigenvalue weighted by molar-refractivity contribution is 5.99. The molecule has 2 saturated heterocycles. The van der Waals surface area contributed by atoms with Crippen LogP contribution in [0.15, 0.2) is 48.7 Å². The first-order chi connectivity index (χ1) is 12.8. The van der Waals surface area contributed by atoms with Crippen molar-refractivity contribution in [2.45, 2.75) is 25.3 Å². The molecule has 3 heterocycles. The summed E-state index contributed by atoms with van der Waals surface area (Å²) in [5.41, 5.74) is 2.01. The molecule has 5 heteroatoms. The van der Waals surface area contributed by atoms with Crippen molar-refractivity contribution in [2.75, 3.05) is 37.6 Å². The van der Waals surface area contributed by atoms with Crippen molar-refractivity contribution in [1.29, 1.82) is 0 Å². The fourth-order valence-electron chi connectivity index (χ4n) is 3.93. The van der Waals surface area contributed by atoms with E-state index in [9.17, 15) is 4.79 Å². The minimum atomic E-state index is 0.127. The number of piperazine rings is 1. The molecule has 2 fully saturated rings. The van der Waals surface area contributed by atoms with Gasteiger partial charge in [-0.1, -0.05) is 30.3 Å². The molecule has 2 aliphatic rings. The maximum atomic E-state index is 13.1. The molecule has 1 amide bonds. The van der Waals surface area contributed by atoms with E-state index in [2.05, 4.69) is 39.5 Å². The number of nitrogens with zero attached hydrogens (tertiary/aromatic N) is 3. The molecule has 5 nitrogen and oxygen atoms in total. The molecule has 2 aliphatic heterocycles. The second-order valence-electron chi connectivity index (χ2n) is 7.09. The van der Waals surface area contributed by atoms with E-state index < -0.39 is 0 Å². The van der Waals surface area contributed by atoms with E-state index >= 15 is 0 Å². The first-order valence-electron chi connectivity index (χ1n) is 9.60. The quantitative estimate of drug-likeness (QED) is 0.925. The molecule has 0 unspecified atom stereocenters. The molecule has 1 aromatic carbocycles. The number of carbonyl (C=O) groups excluding carboxylic acids is 1. The monoisotopic (exact) mass is 350 g/mol. The maximum Gasteiger partial charge on any atom is 0.257 e. The summed E-state index contributed by atoms with van der Waals surface area (Å²) < 4.78 is 0. The Bertz CT molecular complexity index is 743. The van der Waals surface area contributed by atoms with Gasteiger partial charge in [0.25, 0.3) is 5.91 Å². The van der Waals surface area contributed by atoms with Gasteiger partial charge in [0.1, 0.15) is 5.82 Å². The van der Waals surface area contributed by atoms with Crippen LogP contribution < -0.4 is 10.2 Å². The zero-order chi connectivity index (χ0) is 17.8.